The second-order valence-electron chi connectivity index (χ2n) is 5.94. The maximum atomic E-state index is 5.73. The molecule has 4 rings (SSSR count). The molecular formula is C20H18N4O5S. The summed E-state index contributed by atoms with van der Waals surface area (Å²) >= 11 is 1.30. The predicted molar refractivity (Wildman–Crippen MR) is 109 cm³/mol. The summed E-state index contributed by atoms with van der Waals surface area (Å²) in [6, 6.07) is 12.9. The standard InChI is InChI=1S/C20H18N4O5S/c1-25-14-7-5-4-6-13(14)18-21-17(29-24-18)11-30-20-23-22-19(28-20)12-8-9-15(26-2)16(10-12)27-3/h4-10H,11H2,1-3H3. The Morgan fingerprint density at radius 1 is 0.900 bits per heavy atom. The largest absolute Gasteiger partial charge is 0.496 e. The van der Waals surface area contributed by atoms with Crippen LogP contribution in [0.2, 0.25) is 0 Å². The van der Waals surface area contributed by atoms with E-state index in [9.17, 15) is 0 Å². The van der Waals surface area contributed by atoms with Gasteiger partial charge in [-0.2, -0.15) is 4.98 Å². The van der Waals surface area contributed by atoms with Crippen LogP contribution in [0.3, 0.4) is 0 Å². The maximum absolute atomic E-state index is 5.73. The van der Waals surface area contributed by atoms with E-state index in [-0.39, 0.29) is 0 Å². The normalized spacial score (nSPS) is 10.8. The lowest BCUT2D eigenvalue weighted by Crippen LogP contribution is -1.90. The molecule has 0 radical (unpaired) electrons. The number of nitrogens with zero attached hydrogens (tertiary/aromatic N) is 4. The molecule has 2 aromatic heterocycles. The minimum atomic E-state index is 0.374. The van der Waals surface area contributed by atoms with Gasteiger partial charge in [-0.15, -0.1) is 10.2 Å². The van der Waals surface area contributed by atoms with Crippen LogP contribution in [0.15, 0.2) is 56.6 Å². The van der Waals surface area contributed by atoms with E-state index in [4.69, 9.17) is 23.2 Å². The third-order valence-electron chi connectivity index (χ3n) is 4.17. The van der Waals surface area contributed by atoms with Crippen LogP contribution < -0.4 is 14.2 Å². The summed E-state index contributed by atoms with van der Waals surface area (Å²) in [6.45, 7) is 0. The number of methoxy groups -OCH3 is 3. The zero-order chi connectivity index (χ0) is 20.9. The smallest absolute Gasteiger partial charge is 0.277 e. The van der Waals surface area contributed by atoms with Crippen molar-refractivity contribution in [3.63, 3.8) is 0 Å². The topological polar surface area (TPSA) is 106 Å². The molecule has 0 aliphatic heterocycles. The number of ether oxygens (including phenoxy) is 3. The number of thioether (sulfide) groups is 1. The van der Waals surface area contributed by atoms with Crippen LogP contribution in [-0.4, -0.2) is 41.7 Å². The van der Waals surface area contributed by atoms with Gasteiger partial charge >= 0.3 is 0 Å². The van der Waals surface area contributed by atoms with E-state index in [0.717, 1.165) is 11.1 Å². The molecule has 30 heavy (non-hydrogen) atoms. The van der Waals surface area contributed by atoms with Crippen molar-refractivity contribution >= 4 is 11.8 Å². The molecule has 2 heterocycles. The lowest BCUT2D eigenvalue weighted by molar-refractivity contribution is 0.355. The minimum absolute atomic E-state index is 0.374. The highest BCUT2D eigenvalue weighted by molar-refractivity contribution is 7.98. The number of para-hydroxylation sites is 1. The number of aromatic nitrogens is 4. The van der Waals surface area contributed by atoms with Crippen molar-refractivity contribution < 1.29 is 23.2 Å². The summed E-state index contributed by atoms with van der Waals surface area (Å²) in [6.07, 6.45) is 0. The lowest BCUT2D eigenvalue weighted by Gasteiger charge is -2.07. The molecule has 2 aromatic carbocycles. The second-order valence-corrected chi connectivity index (χ2v) is 6.87. The highest BCUT2D eigenvalue weighted by Gasteiger charge is 2.16. The molecule has 0 unspecified atom stereocenters. The zero-order valence-corrected chi connectivity index (χ0v) is 17.3. The van der Waals surface area contributed by atoms with E-state index in [0.29, 0.717) is 45.8 Å². The fourth-order valence-corrected chi connectivity index (χ4v) is 3.33. The van der Waals surface area contributed by atoms with Crippen LogP contribution >= 0.6 is 11.8 Å². The zero-order valence-electron chi connectivity index (χ0n) is 16.5. The van der Waals surface area contributed by atoms with Crippen molar-refractivity contribution in [3.05, 3.63) is 48.4 Å². The van der Waals surface area contributed by atoms with Gasteiger partial charge in [-0.3, -0.25) is 0 Å². The third-order valence-corrected chi connectivity index (χ3v) is 4.98. The molecule has 0 aliphatic rings. The summed E-state index contributed by atoms with van der Waals surface area (Å²) in [5.41, 5.74) is 1.48. The number of hydrogen-bond acceptors (Lipinski definition) is 10. The molecule has 0 bridgehead atoms. The molecule has 0 spiro atoms. The average Bonchev–Trinajstić information content (AvgIpc) is 3.47. The van der Waals surface area contributed by atoms with Crippen LogP contribution in [0.5, 0.6) is 17.2 Å². The first kappa shape index (κ1) is 19.8. The maximum Gasteiger partial charge on any atom is 0.277 e. The Bertz CT molecular complexity index is 1140. The van der Waals surface area contributed by atoms with E-state index < -0.39 is 0 Å². The Morgan fingerprint density at radius 3 is 2.50 bits per heavy atom. The molecule has 154 valence electrons. The fourth-order valence-electron chi connectivity index (χ4n) is 2.73. The first-order valence-corrected chi connectivity index (χ1v) is 9.85. The summed E-state index contributed by atoms with van der Waals surface area (Å²) in [5, 5.41) is 12.6. The molecule has 0 saturated carbocycles. The lowest BCUT2D eigenvalue weighted by atomic mass is 10.2. The third kappa shape index (κ3) is 4.08. The van der Waals surface area contributed by atoms with Crippen LogP contribution in [-0.2, 0) is 5.75 Å². The Hall–Kier alpha value is -3.53. The van der Waals surface area contributed by atoms with Gasteiger partial charge in [0.15, 0.2) is 11.5 Å². The number of benzene rings is 2. The van der Waals surface area contributed by atoms with Crippen LogP contribution in [0.4, 0.5) is 0 Å². The van der Waals surface area contributed by atoms with E-state index in [2.05, 4.69) is 20.3 Å². The quantitative estimate of drug-likeness (QED) is 0.382. The van der Waals surface area contributed by atoms with Gasteiger partial charge in [0, 0.05) is 5.56 Å². The molecular weight excluding hydrogens is 408 g/mol. The van der Waals surface area contributed by atoms with Crippen LogP contribution in [0.1, 0.15) is 5.89 Å². The summed E-state index contributed by atoms with van der Waals surface area (Å²) in [7, 11) is 4.75. The minimum Gasteiger partial charge on any atom is -0.496 e. The van der Waals surface area contributed by atoms with E-state index in [1.807, 2.05) is 30.3 Å². The summed E-state index contributed by atoms with van der Waals surface area (Å²) < 4.78 is 26.9. The van der Waals surface area contributed by atoms with Gasteiger partial charge in [0.25, 0.3) is 5.22 Å². The Morgan fingerprint density at radius 2 is 1.70 bits per heavy atom. The summed E-state index contributed by atoms with van der Waals surface area (Å²) in [4.78, 5) is 4.41. The van der Waals surface area contributed by atoms with Gasteiger partial charge in [0.2, 0.25) is 17.6 Å². The molecule has 0 atom stereocenters. The molecule has 9 nitrogen and oxygen atoms in total. The molecule has 0 amide bonds. The van der Waals surface area contributed by atoms with Gasteiger partial charge in [0.05, 0.1) is 32.6 Å². The van der Waals surface area contributed by atoms with Crippen molar-refractivity contribution in [2.24, 2.45) is 0 Å². The van der Waals surface area contributed by atoms with E-state index in [1.165, 1.54) is 11.8 Å². The second kappa shape index (κ2) is 8.87. The van der Waals surface area contributed by atoms with Gasteiger partial charge in [-0.25, -0.2) is 0 Å². The molecule has 10 heteroatoms. The van der Waals surface area contributed by atoms with E-state index in [1.54, 1.807) is 33.5 Å². The van der Waals surface area contributed by atoms with Gasteiger partial charge < -0.3 is 23.2 Å². The van der Waals surface area contributed by atoms with Crippen molar-refractivity contribution in [1.29, 1.82) is 0 Å². The SMILES string of the molecule is COc1ccc(-c2nnc(SCc3nc(-c4ccccc4OC)no3)o2)cc1OC. The predicted octanol–water partition coefficient (Wildman–Crippen LogP) is 4.10. The average molecular weight is 426 g/mol. The first-order chi connectivity index (χ1) is 14.7. The van der Waals surface area contributed by atoms with Gasteiger partial charge in [-0.1, -0.05) is 29.1 Å². The molecule has 0 aliphatic carbocycles. The Labute approximate surface area is 176 Å². The number of rotatable bonds is 8. The molecule has 0 saturated heterocycles. The summed E-state index contributed by atoms with van der Waals surface area (Å²) in [5.74, 6) is 3.53. The fraction of sp³-hybridized carbons (Fsp3) is 0.200. The van der Waals surface area contributed by atoms with Crippen LogP contribution in [0.25, 0.3) is 22.8 Å². The van der Waals surface area contributed by atoms with Crippen molar-refractivity contribution in [1.82, 2.24) is 20.3 Å². The van der Waals surface area contributed by atoms with Crippen LogP contribution in [0, 0.1) is 0 Å². The van der Waals surface area contributed by atoms with Gasteiger partial charge in [-0.05, 0) is 30.3 Å². The Kier molecular flexibility index (Phi) is 5.84. The van der Waals surface area contributed by atoms with Gasteiger partial charge in [0.1, 0.15) is 5.75 Å². The molecule has 0 fully saturated rings. The first-order valence-electron chi connectivity index (χ1n) is 8.86. The van der Waals surface area contributed by atoms with Crippen molar-refractivity contribution in [2.75, 3.05) is 21.3 Å². The van der Waals surface area contributed by atoms with Crippen molar-refractivity contribution in [2.45, 2.75) is 11.0 Å². The van der Waals surface area contributed by atoms with Crippen molar-refractivity contribution in [3.8, 4) is 40.1 Å². The Balaban J connectivity index is 1.45. The molecule has 4 aromatic rings. The van der Waals surface area contributed by atoms with E-state index >= 15 is 0 Å². The number of hydrogen-bond donors (Lipinski definition) is 0. The highest BCUT2D eigenvalue weighted by atomic mass is 32.2. The molecule has 0 N–H and O–H groups in total. The monoisotopic (exact) mass is 426 g/mol. The highest BCUT2D eigenvalue weighted by Crippen LogP contribution is 2.33.